The van der Waals surface area contributed by atoms with Crippen molar-refractivity contribution in [2.24, 2.45) is 0 Å². The summed E-state index contributed by atoms with van der Waals surface area (Å²) in [5, 5.41) is 1.23. The molecule has 1 fully saturated rings. The van der Waals surface area contributed by atoms with Gasteiger partial charge in [0.15, 0.2) is 0 Å². The third-order valence-electron chi connectivity index (χ3n) is 6.58. The number of likely N-dealkylation sites (tertiary alicyclic amines) is 1. The molecule has 0 spiro atoms. The fourth-order valence-electron chi connectivity index (χ4n) is 4.95. The highest BCUT2D eigenvalue weighted by atomic mass is 16.5. The number of aromatic amines is 1. The number of rotatable bonds is 5. The molecule has 0 bridgehead atoms. The van der Waals surface area contributed by atoms with Gasteiger partial charge in [0.25, 0.3) is 5.91 Å². The zero-order valence-corrected chi connectivity index (χ0v) is 19.2. The molecule has 2 aromatic heterocycles. The molecule has 5 heteroatoms. The minimum atomic E-state index is 0.0982. The SMILES string of the molecule is COCc1ccc(C(=O)N2CCC[C@H](c3[nH]c4ccc(C)cc4c3-c3ccncc3)C2)cc1. The molecule has 3 heterocycles. The topological polar surface area (TPSA) is 58.2 Å². The van der Waals surface area contributed by atoms with Crippen molar-refractivity contribution >= 4 is 16.8 Å². The summed E-state index contributed by atoms with van der Waals surface area (Å²) in [6, 6.07) is 18.5. The van der Waals surface area contributed by atoms with Gasteiger partial charge in [-0.1, -0.05) is 23.8 Å². The molecule has 1 aliphatic rings. The summed E-state index contributed by atoms with van der Waals surface area (Å²) in [6.45, 7) is 4.18. The Bertz CT molecular complexity index is 1260. The minimum Gasteiger partial charge on any atom is -0.380 e. The maximum absolute atomic E-state index is 13.3. The fraction of sp³-hybridized carbons (Fsp3) is 0.286. The van der Waals surface area contributed by atoms with Crippen LogP contribution in [-0.4, -0.2) is 41.0 Å². The predicted molar refractivity (Wildman–Crippen MR) is 131 cm³/mol. The summed E-state index contributed by atoms with van der Waals surface area (Å²) in [6.07, 6.45) is 5.73. The molecule has 1 saturated heterocycles. The smallest absolute Gasteiger partial charge is 0.253 e. The number of fused-ring (bicyclic) bond motifs is 1. The largest absolute Gasteiger partial charge is 0.380 e. The number of aryl methyl sites for hydroxylation is 1. The van der Waals surface area contributed by atoms with Crippen LogP contribution in [0.5, 0.6) is 0 Å². The third-order valence-corrected chi connectivity index (χ3v) is 6.58. The lowest BCUT2D eigenvalue weighted by Crippen LogP contribution is -2.39. The van der Waals surface area contributed by atoms with Gasteiger partial charge in [-0.3, -0.25) is 9.78 Å². The van der Waals surface area contributed by atoms with E-state index in [9.17, 15) is 4.79 Å². The molecule has 0 radical (unpaired) electrons. The molecule has 2 aromatic carbocycles. The van der Waals surface area contributed by atoms with Crippen molar-refractivity contribution in [3.8, 4) is 11.1 Å². The normalized spacial score (nSPS) is 16.3. The molecular weight excluding hydrogens is 410 g/mol. The van der Waals surface area contributed by atoms with Crippen molar-refractivity contribution < 1.29 is 9.53 Å². The average Bonchev–Trinajstić information content (AvgIpc) is 3.23. The number of carbonyl (C=O) groups is 1. The summed E-state index contributed by atoms with van der Waals surface area (Å²) < 4.78 is 5.18. The van der Waals surface area contributed by atoms with Gasteiger partial charge in [-0.05, 0) is 67.3 Å². The van der Waals surface area contributed by atoms with Gasteiger partial charge in [0.05, 0.1) is 6.61 Å². The van der Waals surface area contributed by atoms with E-state index in [1.54, 1.807) is 7.11 Å². The van der Waals surface area contributed by atoms with Crippen LogP contribution in [-0.2, 0) is 11.3 Å². The number of amides is 1. The molecule has 0 aliphatic carbocycles. The van der Waals surface area contributed by atoms with Crippen molar-refractivity contribution in [1.29, 1.82) is 0 Å². The number of piperidine rings is 1. The lowest BCUT2D eigenvalue weighted by molar-refractivity contribution is 0.0706. The third kappa shape index (κ3) is 4.29. The second kappa shape index (κ2) is 9.20. The highest BCUT2D eigenvalue weighted by molar-refractivity contribution is 5.98. The molecule has 1 atom stereocenters. The minimum absolute atomic E-state index is 0.0982. The van der Waals surface area contributed by atoms with Gasteiger partial charge in [-0.25, -0.2) is 0 Å². The molecule has 168 valence electrons. The van der Waals surface area contributed by atoms with Gasteiger partial charge < -0.3 is 14.6 Å². The zero-order valence-electron chi connectivity index (χ0n) is 19.2. The molecule has 5 rings (SSSR count). The van der Waals surface area contributed by atoms with Gasteiger partial charge in [0.2, 0.25) is 0 Å². The highest BCUT2D eigenvalue weighted by Crippen LogP contribution is 2.39. The quantitative estimate of drug-likeness (QED) is 0.434. The average molecular weight is 440 g/mol. The summed E-state index contributed by atoms with van der Waals surface area (Å²) >= 11 is 0. The van der Waals surface area contributed by atoms with E-state index in [0.29, 0.717) is 13.2 Å². The molecule has 1 aliphatic heterocycles. The lowest BCUT2D eigenvalue weighted by Gasteiger charge is -2.33. The fourth-order valence-corrected chi connectivity index (χ4v) is 4.95. The number of aromatic nitrogens is 2. The second-order valence-electron chi connectivity index (χ2n) is 8.92. The van der Waals surface area contributed by atoms with E-state index in [4.69, 9.17) is 4.74 Å². The number of nitrogens with one attached hydrogen (secondary N) is 1. The van der Waals surface area contributed by atoms with E-state index in [-0.39, 0.29) is 11.8 Å². The standard InChI is InChI=1S/C28H29N3O2/c1-19-5-10-25-24(16-19)26(21-11-13-29-14-12-21)27(30-25)23-4-3-15-31(17-23)28(32)22-8-6-20(7-9-22)18-33-2/h5-14,16,23,30H,3-4,15,17-18H2,1-2H3/t23-/m0/s1. The first-order valence-electron chi connectivity index (χ1n) is 11.5. The van der Waals surface area contributed by atoms with E-state index in [0.717, 1.165) is 41.6 Å². The van der Waals surface area contributed by atoms with Crippen molar-refractivity contribution in [1.82, 2.24) is 14.9 Å². The Hall–Kier alpha value is -3.44. The molecule has 0 unspecified atom stereocenters. The van der Waals surface area contributed by atoms with Crippen molar-refractivity contribution in [3.05, 3.63) is 89.4 Å². The Morgan fingerprint density at radius 2 is 1.91 bits per heavy atom. The zero-order chi connectivity index (χ0) is 22.8. The van der Waals surface area contributed by atoms with Crippen LogP contribution in [0.3, 0.4) is 0 Å². The second-order valence-corrected chi connectivity index (χ2v) is 8.92. The molecular formula is C28H29N3O2. The molecule has 33 heavy (non-hydrogen) atoms. The summed E-state index contributed by atoms with van der Waals surface area (Å²) in [4.78, 5) is 23.2. The Balaban J connectivity index is 1.47. The van der Waals surface area contributed by atoms with E-state index < -0.39 is 0 Å². The van der Waals surface area contributed by atoms with E-state index in [2.05, 4.69) is 47.2 Å². The number of hydrogen-bond acceptors (Lipinski definition) is 3. The van der Waals surface area contributed by atoms with Crippen molar-refractivity contribution in [3.63, 3.8) is 0 Å². The molecule has 1 amide bonds. The molecule has 4 aromatic rings. The van der Waals surface area contributed by atoms with Gasteiger partial charge in [0, 0.05) is 66.2 Å². The number of ether oxygens (including phenoxy) is 1. The van der Waals surface area contributed by atoms with Crippen LogP contribution < -0.4 is 0 Å². The van der Waals surface area contributed by atoms with Crippen LogP contribution >= 0.6 is 0 Å². The summed E-state index contributed by atoms with van der Waals surface area (Å²) in [5.41, 5.74) is 7.79. The number of pyridine rings is 1. The van der Waals surface area contributed by atoms with Gasteiger partial charge in [0.1, 0.15) is 0 Å². The summed E-state index contributed by atoms with van der Waals surface area (Å²) in [5.74, 6) is 0.354. The summed E-state index contributed by atoms with van der Waals surface area (Å²) in [7, 11) is 1.68. The molecule has 1 N–H and O–H groups in total. The number of nitrogens with zero attached hydrogens (tertiary/aromatic N) is 2. The Morgan fingerprint density at radius 1 is 1.12 bits per heavy atom. The Labute approximate surface area is 194 Å². The van der Waals surface area contributed by atoms with Crippen LogP contribution in [0.1, 0.15) is 45.9 Å². The number of carbonyl (C=O) groups excluding carboxylic acids is 1. The first-order chi connectivity index (χ1) is 16.1. The van der Waals surface area contributed by atoms with Crippen LogP contribution in [0.25, 0.3) is 22.0 Å². The molecule has 5 nitrogen and oxygen atoms in total. The van der Waals surface area contributed by atoms with E-state index in [1.807, 2.05) is 41.6 Å². The van der Waals surface area contributed by atoms with Crippen LogP contribution in [0, 0.1) is 6.92 Å². The van der Waals surface area contributed by atoms with E-state index in [1.165, 1.54) is 22.2 Å². The number of methoxy groups -OCH3 is 1. The Kier molecular flexibility index (Phi) is 5.97. The Morgan fingerprint density at radius 3 is 2.67 bits per heavy atom. The van der Waals surface area contributed by atoms with Crippen molar-refractivity contribution in [2.45, 2.75) is 32.3 Å². The first kappa shape index (κ1) is 21.4. The first-order valence-corrected chi connectivity index (χ1v) is 11.5. The number of H-pyrrole nitrogens is 1. The highest BCUT2D eigenvalue weighted by Gasteiger charge is 2.29. The van der Waals surface area contributed by atoms with Gasteiger partial charge in [-0.15, -0.1) is 0 Å². The monoisotopic (exact) mass is 439 g/mol. The van der Waals surface area contributed by atoms with Crippen LogP contribution in [0.15, 0.2) is 67.0 Å². The lowest BCUT2D eigenvalue weighted by atomic mass is 9.89. The number of hydrogen-bond donors (Lipinski definition) is 1. The van der Waals surface area contributed by atoms with Crippen LogP contribution in [0.4, 0.5) is 0 Å². The van der Waals surface area contributed by atoms with E-state index >= 15 is 0 Å². The van der Waals surface area contributed by atoms with Gasteiger partial charge in [-0.2, -0.15) is 0 Å². The van der Waals surface area contributed by atoms with Gasteiger partial charge >= 0.3 is 0 Å². The maximum Gasteiger partial charge on any atom is 0.253 e. The number of benzene rings is 2. The molecule has 0 saturated carbocycles. The maximum atomic E-state index is 13.3. The predicted octanol–water partition coefficient (Wildman–Crippen LogP) is 5.70. The van der Waals surface area contributed by atoms with Crippen molar-refractivity contribution in [2.75, 3.05) is 20.2 Å². The van der Waals surface area contributed by atoms with Crippen LogP contribution in [0.2, 0.25) is 0 Å².